The summed E-state index contributed by atoms with van der Waals surface area (Å²) in [4.78, 5) is 39.9. The summed E-state index contributed by atoms with van der Waals surface area (Å²) in [6.45, 7) is 1.00. The molecule has 0 aromatic heterocycles. The molecule has 0 bridgehead atoms. The van der Waals surface area contributed by atoms with Gasteiger partial charge in [-0.2, -0.15) is 0 Å². The fourth-order valence-corrected chi connectivity index (χ4v) is 0.940. The number of hydrogen-bond donors (Lipinski definition) is 4. The average molecular weight is 284 g/mol. The van der Waals surface area contributed by atoms with Crippen LogP contribution in [0.15, 0.2) is 18.2 Å². The Balaban J connectivity index is 0.000000511. The number of phenols is 2. The smallest absolute Gasteiger partial charge is 0.372 e. The molecule has 0 aliphatic carbocycles. The number of aromatic hydroxyl groups is 2. The number of benzene rings is 1. The zero-order chi connectivity index (χ0) is 15.9. The standard InChI is InChI=1S/C9H8O5.C3H4O3/c10-6-2-1-5(3-7(6)11)4-8(12)9(13)14;1-2(4)3(5)6/h1-3,10-11H,4H2,(H,13,14);1H3,(H,5,6). The SMILES string of the molecule is CC(=O)C(=O)O.O=C(O)C(=O)Cc1ccc(O)c(O)c1. The number of hydrogen-bond acceptors (Lipinski definition) is 6. The van der Waals surface area contributed by atoms with E-state index >= 15 is 0 Å². The quantitative estimate of drug-likeness (QED) is 0.444. The maximum Gasteiger partial charge on any atom is 0.372 e. The minimum Gasteiger partial charge on any atom is -0.504 e. The molecule has 8 heteroatoms. The molecule has 0 saturated carbocycles. The molecule has 0 amide bonds. The molecular formula is C12H12O8. The molecule has 4 N–H and O–H groups in total. The summed E-state index contributed by atoms with van der Waals surface area (Å²) in [7, 11) is 0. The van der Waals surface area contributed by atoms with E-state index in [0.717, 1.165) is 13.0 Å². The van der Waals surface area contributed by atoms with E-state index < -0.39 is 23.5 Å². The molecule has 1 rings (SSSR count). The predicted molar refractivity (Wildman–Crippen MR) is 64.4 cm³/mol. The van der Waals surface area contributed by atoms with E-state index in [4.69, 9.17) is 20.4 Å². The van der Waals surface area contributed by atoms with Crippen LogP contribution in [0.3, 0.4) is 0 Å². The summed E-state index contributed by atoms with van der Waals surface area (Å²) >= 11 is 0. The third-order valence-electron chi connectivity index (χ3n) is 1.94. The van der Waals surface area contributed by atoms with Crippen molar-refractivity contribution in [3.63, 3.8) is 0 Å². The number of carboxylic acids is 2. The maximum atomic E-state index is 10.8. The third-order valence-corrected chi connectivity index (χ3v) is 1.94. The van der Waals surface area contributed by atoms with Crippen molar-refractivity contribution in [3.8, 4) is 11.5 Å². The van der Waals surface area contributed by atoms with Crippen LogP contribution in [0.5, 0.6) is 11.5 Å². The van der Waals surface area contributed by atoms with E-state index in [1.807, 2.05) is 0 Å². The number of ketones is 2. The highest BCUT2D eigenvalue weighted by Gasteiger charge is 2.12. The van der Waals surface area contributed by atoms with Crippen molar-refractivity contribution in [2.24, 2.45) is 0 Å². The highest BCUT2D eigenvalue weighted by Crippen LogP contribution is 2.24. The van der Waals surface area contributed by atoms with Crippen LogP contribution in [0.1, 0.15) is 12.5 Å². The van der Waals surface area contributed by atoms with Gasteiger partial charge in [0.2, 0.25) is 11.6 Å². The van der Waals surface area contributed by atoms with Gasteiger partial charge in [0.25, 0.3) is 0 Å². The van der Waals surface area contributed by atoms with Crippen molar-refractivity contribution >= 4 is 23.5 Å². The summed E-state index contributed by atoms with van der Waals surface area (Å²) < 4.78 is 0. The van der Waals surface area contributed by atoms with E-state index in [1.165, 1.54) is 12.1 Å². The fraction of sp³-hybridized carbons (Fsp3) is 0.167. The Morgan fingerprint density at radius 2 is 1.45 bits per heavy atom. The maximum absolute atomic E-state index is 10.8. The van der Waals surface area contributed by atoms with E-state index in [9.17, 15) is 19.2 Å². The number of carboxylic acid groups (broad SMARTS) is 2. The zero-order valence-corrected chi connectivity index (χ0v) is 10.4. The second kappa shape index (κ2) is 7.52. The Morgan fingerprint density at radius 3 is 1.80 bits per heavy atom. The molecule has 8 nitrogen and oxygen atoms in total. The van der Waals surface area contributed by atoms with Crippen LogP contribution in [-0.4, -0.2) is 43.9 Å². The van der Waals surface area contributed by atoms with Crippen LogP contribution in [0.4, 0.5) is 0 Å². The van der Waals surface area contributed by atoms with Crippen LogP contribution in [-0.2, 0) is 25.6 Å². The van der Waals surface area contributed by atoms with Crippen LogP contribution >= 0.6 is 0 Å². The molecule has 0 saturated heterocycles. The molecule has 1 aromatic rings. The first-order valence-corrected chi connectivity index (χ1v) is 5.16. The molecule has 0 radical (unpaired) electrons. The van der Waals surface area contributed by atoms with E-state index in [-0.39, 0.29) is 17.9 Å². The van der Waals surface area contributed by atoms with Gasteiger partial charge in [-0.05, 0) is 17.7 Å². The molecule has 0 fully saturated rings. The Hall–Kier alpha value is -2.90. The zero-order valence-electron chi connectivity index (χ0n) is 10.4. The second-order valence-corrected chi connectivity index (χ2v) is 3.59. The molecule has 0 aliphatic rings. The number of aliphatic carboxylic acids is 2. The Morgan fingerprint density at radius 1 is 0.950 bits per heavy atom. The van der Waals surface area contributed by atoms with Gasteiger partial charge in [0, 0.05) is 13.3 Å². The van der Waals surface area contributed by atoms with E-state index in [2.05, 4.69) is 0 Å². The van der Waals surface area contributed by atoms with Gasteiger partial charge >= 0.3 is 11.9 Å². The fourth-order valence-electron chi connectivity index (χ4n) is 0.940. The van der Waals surface area contributed by atoms with Gasteiger partial charge in [0.15, 0.2) is 11.5 Å². The Labute approximate surface area is 112 Å². The van der Waals surface area contributed by atoms with Crippen molar-refractivity contribution in [1.82, 2.24) is 0 Å². The molecule has 0 unspecified atom stereocenters. The van der Waals surface area contributed by atoms with Crippen molar-refractivity contribution in [2.75, 3.05) is 0 Å². The summed E-state index contributed by atoms with van der Waals surface area (Å²) in [5, 5.41) is 33.9. The summed E-state index contributed by atoms with van der Waals surface area (Å²) in [6, 6.07) is 3.71. The Bertz CT molecular complexity index is 534. The first-order chi connectivity index (χ1) is 9.15. The summed E-state index contributed by atoms with van der Waals surface area (Å²) in [6.07, 6.45) is -0.302. The molecule has 0 spiro atoms. The monoisotopic (exact) mass is 284 g/mol. The van der Waals surface area contributed by atoms with Crippen molar-refractivity contribution in [3.05, 3.63) is 23.8 Å². The third kappa shape index (κ3) is 6.15. The molecule has 1 aromatic carbocycles. The van der Waals surface area contributed by atoms with Crippen LogP contribution in [0.25, 0.3) is 0 Å². The van der Waals surface area contributed by atoms with Gasteiger partial charge < -0.3 is 20.4 Å². The van der Waals surface area contributed by atoms with E-state index in [1.54, 1.807) is 0 Å². The number of carbonyl (C=O) groups excluding carboxylic acids is 2. The minimum absolute atomic E-state index is 0.302. The van der Waals surface area contributed by atoms with Gasteiger partial charge in [0.05, 0.1) is 0 Å². The molecule has 20 heavy (non-hydrogen) atoms. The first kappa shape index (κ1) is 17.1. The summed E-state index contributed by atoms with van der Waals surface area (Å²) in [5.74, 6) is -5.37. The van der Waals surface area contributed by atoms with Crippen LogP contribution < -0.4 is 0 Å². The van der Waals surface area contributed by atoms with Gasteiger partial charge in [-0.1, -0.05) is 6.07 Å². The molecule has 0 aliphatic heterocycles. The van der Waals surface area contributed by atoms with Gasteiger partial charge in [0.1, 0.15) is 0 Å². The van der Waals surface area contributed by atoms with Gasteiger partial charge in [-0.3, -0.25) is 9.59 Å². The van der Waals surface area contributed by atoms with Crippen LogP contribution in [0, 0.1) is 0 Å². The lowest BCUT2D eigenvalue weighted by Gasteiger charge is -2.00. The van der Waals surface area contributed by atoms with E-state index in [0.29, 0.717) is 5.56 Å². The predicted octanol–water partition coefficient (Wildman–Crippen LogP) is -0.0460. The molecular weight excluding hydrogens is 272 g/mol. The largest absolute Gasteiger partial charge is 0.504 e. The highest BCUT2D eigenvalue weighted by atomic mass is 16.4. The van der Waals surface area contributed by atoms with Gasteiger partial charge in [-0.25, -0.2) is 9.59 Å². The number of rotatable bonds is 4. The van der Waals surface area contributed by atoms with Gasteiger partial charge in [-0.15, -0.1) is 0 Å². The van der Waals surface area contributed by atoms with Crippen molar-refractivity contribution in [1.29, 1.82) is 0 Å². The molecule has 108 valence electrons. The average Bonchev–Trinajstić information content (AvgIpc) is 2.34. The van der Waals surface area contributed by atoms with Crippen molar-refractivity contribution < 1.29 is 39.6 Å². The lowest BCUT2D eigenvalue weighted by atomic mass is 10.1. The second-order valence-electron chi connectivity index (χ2n) is 3.59. The lowest BCUT2D eigenvalue weighted by molar-refractivity contribution is -0.148. The van der Waals surface area contributed by atoms with Crippen molar-refractivity contribution in [2.45, 2.75) is 13.3 Å². The lowest BCUT2D eigenvalue weighted by Crippen LogP contribution is -2.14. The number of phenolic OH excluding ortho intramolecular Hbond substituents is 2. The van der Waals surface area contributed by atoms with Crippen LogP contribution in [0.2, 0.25) is 0 Å². The summed E-state index contributed by atoms with van der Waals surface area (Å²) in [5.41, 5.74) is 0.340. The number of carbonyl (C=O) groups is 4. The highest BCUT2D eigenvalue weighted by molar-refractivity contribution is 6.33. The Kier molecular flexibility index (Phi) is 6.43. The number of Topliss-reactive ketones (excluding diaryl/α,β-unsaturated/α-hetero) is 2. The minimum atomic E-state index is -1.52. The normalized spacial score (nSPS) is 9.05. The topological polar surface area (TPSA) is 149 Å². The first-order valence-electron chi connectivity index (χ1n) is 5.16. The molecule has 0 heterocycles. The molecule has 0 atom stereocenters.